The summed E-state index contributed by atoms with van der Waals surface area (Å²) in [6.07, 6.45) is 0. The molecule has 5 aromatic rings. The average Bonchev–Trinajstić information content (AvgIpc) is 3.25. The number of nitrogens with zero attached hydrogens (tertiary/aromatic N) is 5. The number of amides is 1. The minimum absolute atomic E-state index is 0.0377. The number of carbonyl (C=O) groups excluding carboxylic acids is 1. The number of anilines is 2. The van der Waals surface area contributed by atoms with Gasteiger partial charge in [0.15, 0.2) is 0 Å². The van der Waals surface area contributed by atoms with Crippen molar-refractivity contribution in [2.24, 2.45) is 5.73 Å². The van der Waals surface area contributed by atoms with Crippen LogP contribution in [0.5, 0.6) is 0 Å². The zero-order valence-corrected chi connectivity index (χ0v) is 15.8. The first-order valence-electron chi connectivity index (χ1n) is 9.29. The summed E-state index contributed by atoms with van der Waals surface area (Å²) >= 11 is 0. The van der Waals surface area contributed by atoms with E-state index in [0.717, 1.165) is 27.7 Å². The normalized spacial score (nSPS) is 11.1. The first-order chi connectivity index (χ1) is 14.7. The van der Waals surface area contributed by atoms with E-state index in [4.69, 9.17) is 5.73 Å². The number of benzene rings is 3. The lowest BCUT2D eigenvalue weighted by molar-refractivity contribution is 0.0991. The van der Waals surface area contributed by atoms with Crippen LogP contribution in [0, 0.1) is 6.07 Å². The number of hydrogen-bond donors (Lipinski definition) is 2. The summed E-state index contributed by atoms with van der Waals surface area (Å²) in [5.41, 5.74) is 9.61. The standard InChI is InChI=1S/C22H16N7O/c23-20(30)21-24-17-9-5-4-8-16(17)22(25-21)29(13-14-6-2-1-3-7-14)15-10-11-18-19(12-15)27-28-26-18/h1-3,5-12H,13H2,(H2,23,30)(H,26,27,28). The molecule has 2 heterocycles. The first-order valence-corrected chi connectivity index (χ1v) is 9.29. The van der Waals surface area contributed by atoms with Gasteiger partial charge in [0, 0.05) is 17.6 Å². The van der Waals surface area contributed by atoms with Crippen molar-refractivity contribution >= 4 is 39.3 Å². The van der Waals surface area contributed by atoms with Gasteiger partial charge in [-0.25, -0.2) is 9.97 Å². The Bertz CT molecular complexity index is 1360. The zero-order chi connectivity index (χ0) is 20.5. The molecule has 0 bridgehead atoms. The highest BCUT2D eigenvalue weighted by Gasteiger charge is 2.19. The lowest BCUT2D eigenvalue weighted by Gasteiger charge is -2.25. The van der Waals surface area contributed by atoms with Crippen LogP contribution in [0.2, 0.25) is 0 Å². The van der Waals surface area contributed by atoms with Crippen molar-refractivity contribution in [3.63, 3.8) is 0 Å². The van der Waals surface area contributed by atoms with Crippen molar-refractivity contribution in [1.82, 2.24) is 25.4 Å². The van der Waals surface area contributed by atoms with Gasteiger partial charge in [-0.2, -0.15) is 0 Å². The zero-order valence-electron chi connectivity index (χ0n) is 15.8. The van der Waals surface area contributed by atoms with Crippen molar-refractivity contribution in [1.29, 1.82) is 0 Å². The van der Waals surface area contributed by atoms with E-state index in [1.165, 1.54) is 0 Å². The van der Waals surface area contributed by atoms with Crippen molar-refractivity contribution in [3.05, 3.63) is 84.2 Å². The molecule has 8 heteroatoms. The number of H-pyrrole nitrogens is 1. The summed E-state index contributed by atoms with van der Waals surface area (Å²) in [5, 5.41) is 11.6. The van der Waals surface area contributed by atoms with Crippen LogP contribution in [-0.4, -0.2) is 31.3 Å². The Morgan fingerprint density at radius 2 is 1.93 bits per heavy atom. The average molecular weight is 394 g/mol. The third kappa shape index (κ3) is 3.20. The fourth-order valence-corrected chi connectivity index (χ4v) is 3.37. The third-order valence-corrected chi connectivity index (χ3v) is 4.80. The van der Waals surface area contributed by atoms with Crippen LogP contribution in [0.25, 0.3) is 21.9 Å². The van der Waals surface area contributed by atoms with E-state index < -0.39 is 5.91 Å². The number of hydrogen-bond acceptors (Lipinski definition) is 6. The molecule has 3 aromatic carbocycles. The molecule has 30 heavy (non-hydrogen) atoms. The maximum Gasteiger partial charge on any atom is 0.286 e. The molecule has 0 fully saturated rings. The summed E-state index contributed by atoms with van der Waals surface area (Å²) < 4.78 is 0. The molecule has 0 saturated heterocycles. The Morgan fingerprint density at radius 1 is 1.07 bits per heavy atom. The molecule has 5 rings (SSSR count). The molecule has 3 N–H and O–H groups in total. The Balaban J connectivity index is 1.74. The van der Waals surface area contributed by atoms with Crippen LogP contribution < -0.4 is 10.6 Å². The van der Waals surface area contributed by atoms with E-state index in [-0.39, 0.29) is 5.82 Å². The van der Waals surface area contributed by atoms with Crippen LogP contribution in [0.3, 0.4) is 0 Å². The van der Waals surface area contributed by atoms with Gasteiger partial charge in [-0.3, -0.25) is 9.89 Å². The van der Waals surface area contributed by atoms with Gasteiger partial charge in [0.1, 0.15) is 11.3 Å². The molecule has 0 saturated carbocycles. The molecular formula is C22H16N7O. The molecule has 0 atom stereocenters. The molecule has 1 amide bonds. The summed E-state index contributed by atoms with van der Waals surface area (Å²) in [6, 6.07) is 24.2. The second kappa shape index (κ2) is 7.25. The van der Waals surface area contributed by atoms with Crippen molar-refractivity contribution in [2.75, 3.05) is 4.90 Å². The van der Waals surface area contributed by atoms with Gasteiger partial charge in [0.2, 0.25) is 5.82 Å². The summed E-state index contributed by atoms with van der Waals surface area (Å²) in [6.45, 7) is 0.517. The predicted octanol–water partition coefficient (Wildman–Crippen LogP) is 3.14. The highest BCUT2D eigenvalue weighted by atomic mass is 16.1. The second-order valence-corrected chi connectivity index (χ2v) is 6.76. The number of aromatic nitrogens is 5. The Hall–Kier alpha value is -4.33. The maximum absolute atomic E-state index is 11.9. The molecule has 0 spiro atoms. The number of nitrogens with two attached hydrogens (primary N) is 1. The molecule has 0 unspecified atom stereocenters. The van der Waals surface area contributed by atoms with E-state index in [2.05, 4.69) is 31.4 Å². The molecule has 1 radical (unpaired) electrons. The third-order valence-electron chi connectivity index (χ3n) is 4.80. The molecule has 0 aliphatic rings. The topological polar surface area (TPSA) is 114 Å². The lowest BCUT2D eigenvalue weighted by atomic mass is 10.1. The second-order valence-electron chi connectivity index (χ2n) is 6.76. The predicted molar refractivity (Wildman–Crippen MR) is 113 cm³/mol. The van der Waals surface area contributed by atoms with Gasteiger partial charge in [-0.05, 0) is 42.0 Å². The summed E-state index contributed by atoms with van der Waals surface area (Å²) in [4.78, 5) is 22.7. The highest BCUT2D eigenvalue weighted by Crippen LogP contribution is 2.32. The minimum atomic E-state index is -0.683. The van der Waals surface area contributed by atoms with Crippen molar-refractivity contribution < 1.29 is 4.79 Å². The molecule has 2 aromatic heterocycles. The van der Waals surface area contributed by atoms with Gasteiger partial charge in [0.05, 0.1) is 11.0 Å². The summed E-state index contributed by atoms with van der Waals surface area (Å²) in [5.74, 6) is -0.153. The summed E-state index contributed by atoms with van der Waals surface area (Å²) in [7, 11) is 0. The van der Waals surface area contributed by atoms with Crippen LogP contribution >= 0.6 is 0 Å². The Labute approximate surface area is 171 Å². The largest absolute Gasteiger partial charge is 0.363 e. The van der Waals surface area contributed by atoms with Crippen LogP contribution in [-0.2, 0) is 6.54 Å². The SMILES string of the molecule is NC(=O)c1nc(N(Cc2ccccc2)c2ccc3[nH]nnc3c2)c2c[c]ccc2n1. The molecule has 0 aliphatic heterocycles. The molecule has 0 aliphatic carbocycles. The monoisotopic (exact) mass is 394 g/mol. The van der Waals surface area contributed by atoms with Crippen molar-refractivity contribution in [3.8, 4) is 0 Å². The lowest BCUT2D eigenvalue weighted by Crippen LogP contribution is -2.22. The molecule has 145 valence electrons. The number of nitrogens with one attached hydrogen (secondary N) is 1. The fourth-order valence-electron chi connectivity index (χ4n) is 3.37. The van der Waals surface area contributed by atoms with Gasteiger partial charge in [-0.1, -0.05) is 41.6 Å². The quantitative estimate of drug-likeness (QED) is 0.473. The van der Waals surface area contributed by atoms with E-state index in [9.17, 15) is 4.79 Å². The van der Waals surface area contributed by atoms with Gasteiger partial charge in [-0.15, -0.1) is 5.10 Å². The van der Waals surface area contributed by atoms with Crippen molar-refractivity contribution in [2.45, 2.75) is 6.54 Å². The fraction of sp³-hybridized carbons (Fsp3) is 0.0455. The number of carbonyl (C=O) groups is 1. The van der Waals surface area contributed by atoms with E-state index in [1.54, 1.807) is 12.1 Å². The minimum Gasteiger partial charge on any atom is -0.363 e. The van der Waals surface area contributed by atoms with Crippen LogP contribution in [0.15, 0.2) is 66.7 Å². The Kier molecular flexibility index (Phi) is 4.29. The number of rotatable bonds is 5. The smallest absolute Gasteiger partial charge is 0.286 e. The molecule has 8 nitrogen and oxygen atoms in total. The molecular weight excluding hydrogens is 378 g/mol. The maximum atomic E-state index is 11.9. The van der Waals surface area contributed by atoms with E-state index in [0.29, 0.717) is 17.9 Å². The van der Waals surface area contributed by atoms with Crippen LogP contribution in [0.1, 0.15) is 16.2 Å². The first kappa shape index (κ1) is 17.7. The highest BCUT2D eigenvalue weighted by molar-refractivity contribution is 5.97. The van der Waals surface area contributed by atoms with Gasteiger partial charge in [0.25, 0.3) is 5.91 Å². The Morgan fingerprint density at radius 3 is 2.77 bits per heavy atom. The number of fused-ring (bicyclic) bond motifs is 2. The number of primary amides is 1. The van der Waals surface area contributed by atoms with Gasteiger partial charge >= 0.3 is 0 Å². The van der Waals surface area contributed by atoms with Crippen LogP contribution in [0.4, 0.5) is 11.5 Å². The van der Waals surface area contributed by atoms with Gasteiger partial charge < -0.3 is 10.6 Å². The van der Waals surface area contributed by atoms with E-state index in [1.807, 2.05) is 59.5 Å². The van der Waals surface area contributed by atoms with E-state index >= 15 is 0 Å². The number of aromatic amines is 1.